The zero-order chi connectivity index (χ0) is 21.1. The van der Waals surface area contributed by atoms with Crippen LogP contribution in [0.2, 0.25) is 0 Å². The van der Waals surface area contributed by atoms with E-state index in [0.717, 1.165) is 0 Å². The summed E-state index contributed by atoms with van der Waals surface area (Å²) in [4.78, 5) is 7.84. The highest BCUT2D eigenvalue weighted by molar-refractivity contribution is 7.93. The van der Waals surface area contributed by atoms with Gasteiger partial charge in [-0.15, -0.1) is 0 Å². The summed E-state index contributed by atoms with van der Waals surface area (Å²) < 4.78 is 59.5. The lowest BCUT2D eigenvalue weighted by Gasteiger charge is -2.10. The van der Waals surface area contributed by atoms with E-state index in [1.807, 2.05) is 0 Å². The van der Waals surface area contributed by atoms with Crippen LogP contribution in [0.4, 0.5) is 11.6 Å². The number of nitrogens with one attached hydrogen (secondary N) is 2. The molecule has 3 rings (SSSR count). The molecule has 29 heavy (non-hydrogen) atoms. The van der Waals surface area contributed by atoms with Crippen molar-refractivity contribution in [2.24, 2.45) is 0 Å². The maximum absolute atomic E-state index is 12.5. The lowest BCUT2D eigenvalue weighted by Crippen LogP contribution is -2.16. The minimum atomic E-state index is -3.92. The number of nitrogens with zero attached hydrogens (tertiary/aromatic N) is 2. The number of aromatic nitrogens is 2. The van der Waals surface area contributed by atoms with E-state index in [-0.39, 0.29) is 21.4 Å². The number of sulfonamides is 2. The minimum absolute atomic E-state index is 0.0470. The molecule has 11 heteroatoms. The molecule has 2 aromatic carbocycles. The Kier molecular flexibility index (Phi) is 5.71. The van der Waals surface area contributed by atoms with Crippen molar-refractivity contribution >= 4 is 31.7 Å². The van der Waals surface area contributed by atoms with E-state index in [1.54, 1.807) is 13.0 Å². The number of hydrogen-bond donors (Lipinski definition) is 2. The van der Waals surface area contributed by atoms with Gasteiger partial charge in [0.25, 0.3) is 20.0 Å². The third-order valence-electron chi connectivity index (χ3n) is 3.81. The van der Waals surface area contributed by atoms with Crippen LogP contribution in [0, 0.1) is 6.92 Å². The quantitative estimate of drug-likeness (QED) is 0.584. The maximum atomic E-state index is 12.5. The summed E-state index contributed by atoms with van der Waals surface area (Å²) in [7, 11) is -6.26. The first kappa shape index (κ1) is 20.6. The number of benzene rings is 2. The molecule has 0 amide bonds. The Balaban J connectivity index is 1.77. The van der Waals surface area contributed by atoms with Crippen LogP contribution in [0.1, 0.15) is 5.69 Å². The SMILES string of the molecule is COc1ccc(S(=O)(=O)Nc2ccc(S(=O)(=O)Nc3nccc(C)n3)cc2)cc1. The Bertz CT molecular complexity index is 1210. The minimum Gasteiger partial charge on any atom is -0.497 e. The summed E-state index contributed by atoms with van der Waals surface area (Å²) in [6.07, 6.45) is 1.44. The standard InChI is InChI=1S/C18H18N4O5S2/c1-13-11-12-19-18(20-13)22-29(25,26)16-7-3-14(4-8-16)21-28(23,24)17-9-5-15(27-2)6-10-17/h3-12,21H,1-2H3,(H,19,20,22). The first-order chi connectivity index (χ1) is 13.7. The van der Waals surface area contributed by atoms with Crippen molar-refractivity contribution in [1.82, 2.24) is 9.97 Å². The summed E-state index contributed by atoms with van der Waals surface area (Å²) in [6.45, 7) is 1.71. The maximum Gasteiger partial charge on any atom is 0.264 e. The molecular weight excluding hydrogens is 416 g/mol. The fourth-order valence-corrected chi connectivity index (χ4v) is 4.36. The van der Waals surface area contributed by atoms with E-state index in [9.17, 15) is 16.8 Å². The van der Waals surface area contributed by atoms with Gasteiger partial charge in [-0.05, 0) is 61.5 Å². The molecule has 0 saturated heterocycles. The van der Waals surface area contributed by atoms with Crippen LogP contribution < -0.4 is 14.2 Å². The van der Waals surface area contributed by atoms with Crippen LogP contribution in [-0.4, -0.2) is 33.9 Å². The van der Waals surface area contributed by atoms with E-state index < -0.39 is 20.0 Å². The molecule has 0 fully saturated rings. The van der Waals surface area contributed by atoms with Crippen LogP contribution in [-0.2, 0) is 20.0 Å². The molecule has 0 radical (unpaired) electrons. The Morgan fingerprint density at radius 1 is 0.793 bits per heavy atom. The van der Waals surface area contributed by atoms with Crippen molar-refractivity contribution < 1.29 is 21.6 Å². The van der Waals surface area contributed by atoms with Crippen LogP contribution in [0.25, 0.3) is 0 Å². The number of rotatable bonds is 7. The monoisotopic (exact) mass is 434 g/mol. The average molecular weight is 434 g/mol. The van der Waals surface area contributed by atoms with Crippen LogP contribution in [0.5, 0.6) is 5.75 Å². The predicted octanol–water partition coefficient (Wildman–Crippen LogP) is 2.40. The van der Waals surface area contributed by atoms with Crippen molar-refractivity contribution in [3.63, 3.8) is 0 Å². The second kappa shape index (κ2) is 8.05. The Morgan fingerprint density at radius 2 is 1.34 bits per heavy atom. The second-order valence-corrected chi connectivity index (χ2v) is 9.30. The summed E-state index contributed by atoms with van der Waals surface area (Å²) in [5.74, 6) is 0.484. The van der Waals surface area contributed by atoms with Gasteiger partial charge in [-0.1, -0.05) is 0 Å². The second-order valence-electron chi connectivity index (χ2n) is 5.93. The molecule has 0 unspecified atom stereocenters. The van der Waals surface area contributed by atoms with Crippen molar-refractivity contribution in [2.45, 2.75) is 16.7 Å². The first-order valence-electron chi connectivity index (χ1n) is 8.29. The van der Waals surface area contributed by atoms with Crippen molar-refractivity contribution in [3.05, 3.63) is 66.5 Å². The summed E-state index contributed by atoms with van der Waals surface area (Å²) in [6, 6.07) is 12.8. The molecular formula is C18H18N4O5S2. The number of aryl methyl sites for hydroxylation is 1. The highest BCUT2D eigenvalue weighted by atomic mass is 32.2. The molecule has 1 aromatic heterocycles. The first-order valence-corrected chi connectivity index (χ1v) is 11.3. The number of anilines is 2. The van der Waals surface area contributed by atoms with Crippen LogP contribution >= 0.6 is 0 Å². The zero-order valence-electron chi connectivity index (χ0n) is 15.5. The van der Waals surface area contributed by atoms with Crippen LogP contribution in [0.3, 0.4) is 0 Å². The molecule has 0 bridgehead atoms. The molecule has 2 N–H and O–H groups in total. The van der Waals surface area contributed by atoms with Gasteiger partial charge in [0, 0.05) is 17.6 Å². The van der Waals surface area contributed by atoms with Crippen LogP contribution in [0.15, 0.2) is 70.6 Å². The smallest absolute Gasteiger partial charge is 0.264 e. The van der Waals surface area contributed by atoms with Gasteiger partial charge >= 0.3 is 0 Å². The fourth-order valence-electron chi connectivity index (χ4n) is 2.35. The van der Waals surface area contributed by atoms with E-state index in [4.69, 9.17) is 4.74 Å². The molecule has 1 heterocycles. The van der Waals surface area contributed by atoms with E-state index in [2.05, 4.69) is 19.4 Å². The number of hydrogen-bond acceptors (Lipinski definition) is 7. The van der Waals surface area contributed by atoms with E-state index >= 15 is 0 Å². The topological polar surface area (TPSA) is 127 Å². The summed E-state index contributed by atoms with van der Waals surface area (Å²) in [5, 5.41) is 0. The van der Waals surface area contributed by atoms with Crippen molar-refractivity contribution in [2.75, 3.05) is 16.6 Å². The molecule has 3 aromatic rings. The fraction of sp³-hybridized carbons (Fsp3) is 0.111. The van der Waals surface area contributed by atoms with Crippen molar-refractivity contribution in [3.8, 4) is 5.75 Å². The van der Waals surface area contributed by atoms with Gasteiger partial charge in [0.1, 0.15) is 5.75 Å². The molecule has 0 saturated carbocycles. The van der Waals surface area contributed by atoms with Gasteiger partial charge in [-0.2, -0.15) is 0 Å². The zero-order valence-corrected chi connectivity index (χ0v) is 17.2. The number of ether oxygens (including phenoxy) is 1. The third-order valence-corrected chi connectivity index (χ3v) is 6.55. The van der Waals surface area contributed by atoms with Gasteiger partial charge < -0.3 is 4.74 Å². The lowest BCUT2D eigenvalue weighted by molar-refractivity contribution is 0.414. The summed E-state index contributed by atoms with van der Waals surface area (Å²) >= 11 is 0. The lowest BCUT2D eigenvalue weighted by atomic mass is 10.3. The Hall–Kier alpha value is -3.18. The summed E-state index contributed by atoms with van der Waals surface area (Å²) in [5.41, 5.74) is 0.826. The molecule has 0 aliphatic rings. The van der Waals surface area contributed by atoms with E-state index in [0.29, 0.717) is 11.4 Å². The van der Waals surface area contributed by atoms with Gasteiger partial charge in [0.15, 0.2) is 0 Å². The molecule has 0 aliphatic heterocycles. The van der Waals surface area contributed by atoms with Crippen molar-refractivity contribution in [1.29, 1.82) is 0 Å². The molecule has 0 spiro atoms. The molecule has 0 atom stereocenters. The Labute approximate surface area is 168 Å². The molecule has 0 aliphatic carbocycles. The largest absolute Gasteiger partial charge is 0.497 e. The van der Waals surface area contributed by atoms with Gasteiger partial charge in [0.2, 0.25) is 5.95 Å². The number of methoxy groups -OCH3 is 1. The van der Waals surface area contributed by atoms with E-state index in [1.165, 1.54) is 61.8 Å². The molecule has 152 valence electrons. The molecule has 9 nitrogen and oxygen atoms in total. The average Bonchev–Trinajstić information content (AvgIpc) is 2.68. The highest BCUT2D eigenvalue weighted by Gasteiger charge is 2.18. The van der Waals surface area contributed by atoms with Gasteiger partial charge in [-0.3, -0.25) is 4.72 Å². The highest BCUT2D eigenvalue weighted by Crippen LogP contribution is 2.21. The normalized spacial score (nSPS) is 11.7. The third kappa shape index (κ3) is 5.00. The van der Waals surface area contributed by atoms with Gasteiger partial charge in [0.05, 0.1) is 16.9 Å². The van der Waals surface area contributed by atoms with Gasteiger partial charge in [-0.25, -0.2) is 31.5 Å². The Morgan fingerprint density at radius 3 is 1.90 bits per heavy atom. The predicted molar refractivity (Wildman–Crippen MR) is 108 cm³/mol.